The first-order chi connectivity index (χ1) is 10.6. The number of ether oxygens (including phenoxy) is 1. The van der Waals surface area contributed by atoms with Crippen LogP contribution in [0.25, 0.3) is 0 Å². The van der Waals surface area contributed by atoms with Crippen LogP contribution in [0.2, 0.25) is 0 Å². The molecule has 4 nitrogen and oxygen atoms in total. The number of hydrogen-bond donors (Lipinski definition) is 2. The molecule has 0 radical (unpaired) electrons. The van der Waals surface area contributed by atoms with Gasteiger partial charge < -0.3 is 15.8 Å². The van der Waals surface area contributed by atoms with Crippen LogP contribution in [0.4, 0.5) is 0 Å². The van der Waals surface area contributed by atoms with Crippen molar-refractivity contribution < 1.29 is 9.53 Å². The van der Waals surface area contributed by atoms with Gasteiger partial charge in [0.1, 0.15) is 5.75 Å². The molecular weight excluding hydrogens is 312 g/mol. The maximum Gasteiger partial charge on any atom is 0.258 e. The lowest BCUT2D eigenvalue weighted by molar-refractivity contribution is -0.124. The van der Waals surface area contributed by atoms with E-state index in [0.29, 0.717) is 12.0 Å². The Labute approximate surface area is 145 Å². The molecule has 1 amide bonds. The van der Waals surface area contributed by atoms with Gasteiger partial charge in [-0.3, -0.25) is 4.79 Å². The van der Waals surface area contributed by atoms with Crippen molar-refractivity contribution in [1.82, 2.24) is 5.32 Å². The molecule has 0 spiro atoms. The van der Waals surface area contributed by atoms with E-state index in [4.69, 9.17) is 10.5 Å². The van der Waals surface area contributed by atoms with Gasteiger partial charge in [0.2, 0.25) is 0 Å². The number of amides is 1. The highest BCUT2D eigenvalue weighted by molar-refractivity contribution is 5.85. The number of nitrogens with one attached hydrogen (secondary N) is 1. The van der Waals surface area contributed by atoms with Crippen LogP contribution in [-0.2, 0) is 4.79 Å². The van der Waals surface area contributed by atoms with Gasteiger partial charge in [-0.2, -0.15) is 0 Å². The molecule has 23 heavy (non-hydrogen) atoms. The van der Waals surface area contributed by atoms with Crippen molar-refractivity contribution in [3.05, 3.63) is 29.8 Å². The van der Waals surface area contributed by atoms with Crippen molar-refractivity contribution in [2.75, 3.05) is 6.61 Å². The van der Waals surface area contributed by atoms with Gasteiger partial charge in [0.15, 0.2) is 6.61 Å². The van der Waals surface area contributed by atoms with E-state index in [0.717, 1.165) is 37.9 Å². The van der Waals surface area contributed by atoms with Crippen LogP contribution in [0.15, 0.2) is 24.3 Å². The number of carbonyl (C=O) groups excluding carboxylic acids is 1. The number of nitrogens with two attached hydrogens (primary N) is 1. The van der Waals surface area contributed by atoms with Gasteiger partial charge in [0.05, 0.1) is 0 Å². The minimum Gasteiger partial charge on any atom is -0.483 e. The molecule has 0 heterocycles. The number of benzene rings is 1. The molecule has 1 aromatic carbocycles. The molecule has 1 fully saturated rings. The third-order valence-corrected chi connectivity index (χ3v) is 4.56. The first kappa shape index (κ1) is 19.8. The van der Waals surface area contributed by atoms with Crippen LogP contribution < -0.4 is 15.8 Å². The highest BCUT2D eigenvalue weighted by Crippen LogP contribution is 2.28. The Morgan fingerprint density at radius 2 is 1.96 bits per heavy atom. The number of hydrogen-bond acceptors (Lipinski definition) is 3. The summed E-state index contributed by atoms with van der Waals surface area (Å²) in [7, 11) is 0. The summed E-state index contributed by atoms with van der Waals surface area (Å²) >= 11 is 0. The Morgan fingerprint density at radius 3 is 2.61 bits per heavy atom. The van der Waals surface area contributed by atoms with Crippen molar-refractivity contribution in [2.45, 2.75) is 64.0 Å². The first-order valence-corrected chi connectivity index (χ1v) is 8.36. The fraction of sp³-hybridized carbons (Fsp3) is 0.611. The van der Waals surface area contributed by atoms with E-state index in [9.17, 15) is 4.79 Å². The van der Waals surface area contributed by atoms with Crippen LogP contribution in [-0.4, -0.2) is 24.6 Å². The van der Waals surface area contributed by atoms with Crippen LogP contribution >= 0.6 is 12.4 Å². The minimum absolute atomic E-state index is 0. The molecule has 0 bridgehead atoms. The van der Waals surface area contributed by atoms with Crippen molar-refractivity contribution in [1.29, 1.82) is 0 Å². The third-order valence-electron chi connectivity index (χ3n) is 4.56. The number of halogens is 1. The summed E-state index contributed by atoms with van der Waals surface area (Å²) in [5, 5.41) is 3.05. The fourth-order valence-electron chi connectivity index (χ4n) is 2.92. The summed E-state index contributed by atoms with van der Waals surface area (Å²) in [4.78, 5) is 12.0. The lowest BCUT2D eigenvalue weighted by atomic mass is 9.92. The first-order valence-electron chi connectivity index (χ1n) is 8.36. The van der Waals surface area contributed by atoms with Crippen LogP contribution in [0.1, 0.15) is 57.4 Å². The number of para-hydroxylation sites is 1. The minimum atomic E-state index is -0.0422. The number of carbonyl (C=O) groups is 1. The smallest absolute Gasteiger partial charge is 0.258 e. The summed E-state index contributed by atoms with van der Waals surface area (Å²) in [6.07, 6.45) is 4.97. The zero-order valence-corrected chi connectivity index (χ0v) is 14.9. The average Bonchev–Trinajstić information content (AvgIpc) is 2.54. The molecule has 1 unspecified atom stereocenters. The van der Waals surface area contributed by atoms with Gasteiger partial charge >= 0.3 is 0 Å². The monoisotopic (exact) mass is 340 g/mol. The molecule has 0 saturated heterocycles. The van der Waals surface area contributed by atoms with Gasteiger partial charge in [-0.15, -0.1) is 12.4 Å². The summed E-state index contributed by atoms with van der Waals surface area (Å²) < 4.78 is 5.75. The quantitative estimate of drug-likeness (QED) is 0.834. The normalized spacial score (nSPS) is 21.9. The van der Waals surface area contributed by atoms with E-state index in [1.807, 2.05) is 18.2 Å². The van der Waals surface area contributed by atoms with Crippen molar-refractivity contribution >= 4 is 18.3 Å². The molecule has 3 N–H and O–H groups in total. The molecule has 0 aromatic heterocycles. The highest BCUT2D eigenvalue weighted by Gasteiger charge is 2.20. The van der Waals surface area contributed by atoms with Crippen LogP contribution in [0, 0.1) is 0 Å². The zero-order chi connectivity index (χ0) is 15.9. The Bertz CT molecular complexity index is 488. The summed E-state index contributed by atoms with van der Waals surface area (Å²) in [6.45, 7) is 4.41. The second kappa shape index (κ2) is 9.78. The predicted octanol–water partition coefficient (Wildman–Crippen LogP) is 3.39. The molecule has 5 heteroatoms. The third kappa shape index (κ3) is 6.04. The van der Waals surface area contributed by atoms with Crippen molar-refractivity contribution in [3.8, 4) is 5.75 Å². The standard InChI is InChI=1S/C18H28N2O2.ClH/c1-3-13(2)16-6-4-5-7-17(16)22-12-18(21)20-15-10-8-14(19)9-11-15;/h4-7,13-15H,3,8-12,19H2,1-2H3,(H,20,21);1H. The molecule has 1 aliphatic carbocycles. The Balaban J connectivity index is 0.00000264. The molecule has 1 aliphatic rings. The molecular formula is C18H29ClN2O2. The lowest BCUT2D eigenvalue weighted by Gasteiger charge is -2.26. The van der Waals surface area contributed by atoms with Gasteiger partial charge in [-0.1, -0.05) is 32.0 Å². The van der Waals surface area contributed by atoms with E-state index in [-0.39, 0.29) is 31.0 Å². The van der Waals surface area contributed by atoms with E-state index >= 15 is 0 Å². The largest absolute Gasteiger partial charge is 0.483 e. The van der Waals surface area contributed by atoms with E-state index in [1.165, 1.54) is 5.56 Å². The van der Waals surface area contributed by atoms with Crippen LogP contribution in [0.3, 0.4) is 0 Å². The number of rotatable bonds is 6. The molecule has 1 aromatic rings. The second-order valence-corrected chi connectivity index (χ2v) is 6.32. The predicted molar refractivity (Wildman–Crippen MR) is 96.3 cm³/mol. The van der Waals surface area contributed by atoms with Gasteiger partial charge in [0.25, 0.3) is 5.91 Å². The van der Waals surface area contributed by atoms with E-state index < -0.39 is 0 Å². The SMILES string of the molecule is CCC(C)c1ccccc1OCC(=O)NC1CCC(N)CC1.Cl. The summed E-state index contributed by atoms with van der Waals surface area (Å²) in [6, 6.07) is 8.52. The van der Waals surface area contributed by atoms with Gasteiger partial charge in [-0.05, 0) is 49.7 Å². The van der Waals surface area contributed by atoms with Crippen molar-refractivity contribution in [3.63, 3.8) is 0 Å². The lowest BCUT2D eigenvalue weighted by Crippen LogP contribution is -2.42. The summed E-state index contributed by atoms with van der Waals surface area (Å²) in [5.74, 6) is 1.20. The molecule has 2 rings (SSSR count). The average molecular weight is 341 g/mol. The topological polar surface area (TPSA) is 64.3 Å². The second-order valence-electron chi connectivity index (χ2n) is 6.32. The molecule has 0 aliphatic heterocycles. The Hall–Kier alpha value is -1.26. The van der Waals surface area contributed by atoms with Crippen LogP contribution in [0.5, 0.6) is 5.75 Å². The molecule has 1 saturated carbocycles. The van der Waals surface area contributed by atoms with Crippen molar-refractivity contribution in [2.24, 2.45) is 5.73 Å². The summed E-state index contributed by atoms with van der Waals surface area (Å²) in [5.41, 5.74) is 7.05. The fourth-order valence-corrected chi connectivity index (χ4v) is 2.92. The molecule has 1 atom stereocenters. The Kier molecular flexibility index (Phi) is 8.42. The maximum absolute atomic E-state index is 12.0. The zero-order valence-electron chi connectivity index (χ0n) is 14.1. The molecule has 130 valence electrons. The maximum atomic E-state index is 12.0. The van der Waals surface area contributed by atoms with Gasteiger partial charge in [-0.25, -0.2) is 0 Å². The van der Waals surface area contributed by atoms with Gasteiger partial charge in [0, 0.05) is 12.1 Å². The van der Waals surface area contributed by atoms with E-state index in [1.54, 1.807) is 0 Å². The highest BCUT2D eigenvalue weighted by atomic mass is 35.5. The Morgan fingerprint density at radius 1 is 1.30 bits per heavy atom. The van der Waals surface area contributed by atoms with E-state index in [2.05, 4.69) is 25.2 Å².